The second-order valence-corrected chi connectivity index (χ2v) is 4.21. The molecule has 1 rings (SSSR count). The molecule has 14 heavy (non-hydrogen) atoms. The number of rotatable bonds is 3. The Labute approximate surface area is 102 Å². The van der Waals surface area contributed by atoms with E-state index in [1.165, 1.54) is 0 Å². The molecule has 0 bridgehead atoms. The van der Waals surface area contributed by atoms with Crippen LogP contribution < -0.4 is 5.32 Å². The SMILES string of the molecule is C#CCCNc1ccc(Br)c(Cl)c1Cl. The maximum absolute atomic E-state index is 6.00. The van der Waals surface area contributed by atoms with Gasteiger partial charge in [-0.3, -0.25) is 0 Å². The number of nitrogens with one attached hydrogen (secondary N) is 1. The summed E-state index contributed by atoms with van der Waals surface area (Å²) in [6.07, 6.45) is 5.78. The standard InChI is InChI=1S/C10H8BrCl2N/c1-2-3-6-14-8-5-4-7(11)9(12)10(8)13/h1,4-5,14H,3,6H2. The second kappa shape index (κ2) is 5.50. The third-order valence-electron chi connectivity index (χ3n) is 1.62. The van der Waals surface area contributed by atoms with Crippen molar-refractivity contribution in [3.63, 3.8) is 0 Å². The van der Waals surface area contributed by atoms with Gasteiger partial charge in [0.2, 0.25) is 0 Å². The highest BCUT2D eigenvalue weighted by molar-refractivity contribution is 9.10. The average Bonchev–Trinajstić information content (AvgIpc) is 2.18. The van der Waals surface area contributed by atoms with Crippen molar-refractivity contribution >= 4 is 44.8 Å². The highest BCUT2D eigenvalue weighted by Gasteiger charge is 2.07. The first kappa shape index (κ1) is 11.7. The summed E-state index contributed by atoms with van der Waals surface area (Å²) >= 11 is 15.2. The molecule has 1 aromatic carbocycles. The summed E-state index contributed by atoms with van der Waals surface area (Å²) in [6.45, 7) is 0.689. The van der Waals surface area contributed by atoms with Crippen LogP contribution in [0.4, 0.5) is 5.69 Å². The maximum Gasteiger partial charge on any atom is 0.0835 e. The highest BCUT2D eigenvalue weighted by atomic mass is 79.9. The van der Waals surface area contributed by atoms with Crippen LogP contribution in [0.25, 0.3) is 0 Å². The molecule has 74 valence electrons. The van der Waals surface area contributed by atoms with Gasteiger partial charge in [0.05, 0.1) is 15.7 Å². The van der Waals surface area contributed by atoms with Gasteiger partial charge in [-0.15, -0.1) is 12.3 Å². The third-order valence-corrected chi connectivity index (χ3v) is 3.39. The Morgan fingerprint density at radius 1 is 1.36 bits per heavy atom. The second-order valence-electron chi connectivity index (χ2n) is 2.60. The van der Waals surface area contributed by atoms with Crippen LogP contribution in [0.3, 0.4) is 0 Å². The average molecular weight is 293 g/mol. The Morgan fingerprint density at radius 3 is 2.71 bits per heavy atom. The number of benzene rings is 1. The number of halogens is 3. The van der Waals surface area contributed by atoms with E-state index in [0.29, 0.717) is 23.0 Å². The van der Waals surface area contributed by atoms with Crippen molar-refractivity contribution in [2.45, 2.75) is 6.42 Å². The Balaban J connectivity index is 2.79. The van der Waals surface area contributed by atoms with E-state index in [-0.39, 0.29) is 0 Å². The van der Waals surface area contributed by atoms with Crippen LogP contribution in [0.15, 0.2) is 16.6 Å². The molecule has 0 amide bonds. The van der Waals surface area contributed by atoms with E-state index in [9.17, 15) is 0 Å². The van der Waals surface area contributed by atoms with Gasteiger partial charge >= 0.3 is 0 Å². The Morgan fingerprint density at radius 2 is 2.07 bits per heavy atom. The molecule has 0 aliphatic rings. The van der Waals surface area contributed by atoms with Crippen LogP contribution in [0.5, 0.6) is 0 Å². The van der Waals surface area contributed by atoms with Gasteiger partial charge in [0.25, 0.3) is 0 Å². The van der Waals surface area contributed by atoms with Crippen LogP contribution in [0.1, 0.15) is 6.42 Å². The molecule has 0 aromatic heterocycles. The lowest BCUT2D eigenvalue weighted by molar-refractivity contribution is 1.10. The smallest absolute Gasteiger partial charge is 0.0835 e. The van der Waals surface area contributed by atoms with Gasteiger partial charge in [0, 0.05) is 17.4 Å². The summed E-state index contributed by atoms with van der Waals surface area (Å²) in [6, 6.07) is 3.70. The largest absolute Gasteiger partial charge is 0.383 e. The molecule has 4 heteroatoms. The van der Waals surface area contributed by atoms with E-state index in [1.807, 2.05) is 12.1 Å². The summed E-state index contributed by atoms with van der Waals surface area (Å²) in [4.78, 5) is 0. The summed E-state index contributed by atoms with van der Waals surface area (Å²) < 4.78 is 0.784. The molecule has 0 saturated heterocycles. The molecule has 1 aromatic rings. The summed E-state index contributed by atoms with van der Waals surface area (Å²) in [7, 11) is 0. The van der Waals surface area contributed by atoms with Crippen molar-refractivity contribution in [1.29, 1.82) is 0 Å². The zero-order valence-electron chi connectivity index (χ0n) is 7.28. The monoisotopic (exact) mass is 291 g/mol. The van der Waals surface area contributed by atoms with Gasteiger partial charge < -0.3 is 5.32 Å². The fourth-order valence-electron chi connectivity index (χ4n) is 0.932. The van der Waals surface area contributed by atoms with Gasteiger partial charge in [0.15, 0.2) is 0 Å². The fourth-order valence-corrected chi connectivity index (χ4v) is 1.77. The van der Waals surface area contributed by atoms with Crippen LogP contribution >= 0.6 is 39.1 Å². The predicted molar refractivity (Wildman–Crippen MR) is 66.1 cm³/mol. The van der Waals surface area contributed by atoms with E-state index in [1.54, 1.807) is 0 Å². The van der Waals surface area contributed by atoms with Crippen molar-refractivity contribution in [3.05, 3.63) is 26.7 Å². The lowest BCUT2D eigenvalue weighted by Crippen LogP contribution is -2.00. The van der Waals surface area contributed by atoms with E-state index >= 15 is 0 Å². The predicted octanol–water partition coefficient (Wildman–Crippen LogP) is 4.19. The molecule has 0 fully saturated rings. The molecule has 1 nitrogen and oxygen atoms in total. The van der Waals surface area contributed by atoms with E-state index in [2.05, 4.69) is 27.2 Å². The lowest BCUT2D eigenvalue weighted by Gasteiger charge is -2.08. The molecule has 0 radical (unpaired) electrons. The Hall–Kier alpha value is -0.360. The van der Waals surface area contributed by atoms with Crippen LogP contribution in [-0.4, -0.2) is 6.54 Å². The topological polar surface area (TPSA) is 12.0 Å². The maximum atomic E-state index is 6.00. The van der Waals surface area contributed by atoms with E-state index in [4.69, 9.17) is 29.6 Å². The molecule has 0 spiro atoms. The molecule has 0 heterocycles. The summed E-state index contributed by atoms with van der Waals surface area (Å²) in [5, 5.41) is 4.13. The molecule has 0 atom stereocenters. The van der Waals surface area contributed by atoms with Crippen molar-refractivity contribution < 1.29 is 0 Å². The van der Waals surface area contributed by atoms with Crippen molar-refractivity contribution in [2.24, 2.45) is 0 Å². The first-order chi connectivity index (χ1) is 6.66. The number of terminal acetylenes is 1. The fraction of sp³-hybridized carbons (Fsp3) is 0.200. The first-order valence-electron chi connectivity index (χ1n) is 3.97. The minimum atomic E-state index is 0.511. The molecule has 0 aliphatic carbocycles. The first-order valence-corrected chi connectivity index (χ1v) is 5.52. The molecule has 1 N–H and O–H groups in total. The van der Waals surface area contributed by atoms with Crippen LogP contribution in [0.2, 0.25) is 10.0 Å². The van der Waals surface area contributed by atoms with E-state index < -0.39 is 0 Å². The zero-order valence-corrected chi connectivity index (χ0v) is 10.4. The molecular formula is C10H8BrCl2N. The third kappa shape index (κ3) is 2.81. The number of hydrogen-bond donors (Lipinski definition) is 1. The minimum Gasteiger partial charge on any atom is -0.383 e. The minimum absolute atomic E-state index is 0.511. The lowest BCUT2D eigenvalue weighted by atomic mass is 10.3. The van der Waals surface area contributed by atoms with Crippen molar-refractivity contribution in [3.8, 4) is 12.3 Å². The Bertz CT molecular complexity index is 371. The summed E-state index contributed by atoms with van der Waals surface area (Å²) in [5.41, 5.74) is 0.801. The normalized spacial score (nSPS) is 9.57. The molecule has 0 unspecified atom stereocenters. The van der Waals surface area contributed by atoms with Crippen LogP contribution in [0, 0.1) is 12.3 Å². The van der Waals surface area contributed by atoms with Gasteiger partial charge in [-0.05, 0) is 28.1 Å². The molecule has 0 aliphatic heterocycles. The van der Waals surface area contributed by atoms with Crippen molar-refractivity contribution in [1.82, 2.24) is 0 Å². The number of anilines is 1. The highest BCUT2D eigenvalue weighted by Crippen LogP contribution is 2.35. The Kier molecular flexibility index (Phi) is 4.60. The van der Waals surface area contributed by atoms with Gasteiger partial charge in [-0.1, -0.05) is 23.2 Å². The molecular weight excluding hydrogens is 285 g/mol. The van der Waals surface area contributed by atoms with Crippen molar-refractivity contribution in [2.75, 3.05) is 11.9 Å². The zero-order chi connectivity index (χ0) is 10.6. The summed E-state index contributed by atoms with van der Waals surface area (Å²) in [5.74, 6) is 2.54. The van der Waals surface area contributed by atoms with Gasteiger partial charge in [-0.25, -0.2) is 0 Å². The number of hydrogen-bond acceptors (Lipinski definition) is 1. The van der Waals surface area contributed by atoms with Crippen LogP contribution in [-0.2, 0) is 0 Å². The quantitative estimate of drug-likeness (QED) is 0.500. The molecule has 0 saturated carbocycles. The van der Waals surface area contributed by atoms with E-state index in [0.717, 1.165) is 10.2 Å². The van der Waals surface area contributed by atoms with Gasteiger partial charge in [0.1, 0.15) is 0 Å². The van der Waals surface area contributed by atoms with Gasteiger partial charge in [-0.2, -0.15) is 0 Å².